The minimum atomic E-state index is -0.300. The van der Waals surface area contributed by atoms with E-state index in [0.717, 1.165) is 10.6 Å². The van der Waals surface area contributed by atoms with Gasteiger partial charge in [-0.05, 0) is 48.6 Å². The average Bonchev–Trinajstić information content (AvgIpc) is 3.24. The number of aromatic nitrogens is 2. The normalized spacial score (nSPS) is 11.6. The quantitative estimate of drug-likeness (QED) is 0.368. The Kier molecular flexibility index (Phi) is 8.95. The summed E-state index contributed by atoms with van der Waals surface area (Å²) in [6.45, 7) is 3.99. The lowest BCUT2D eigenvalue weighted by molar-refractivity contribution is -0.115. The van der Waals surface area contributed by atoms with Crippen LogP contribution in [0.3, 0.4) is 0 Å². The van der Waals surface area contributed by atoms with Gasteiger partial charge in [-0.2, -0.15) is 9.36 Å². The maximum absolute atomic E-state index is 12.7. The van der Waals surface area contributed by atoms with Gasteiger partial charge in [-0.1, -0.05) is 37.7 Å². The Morgan fingerprint density at radius 2 is 1.94 bits per heavy atom. The van der Waals surface area contributed by atoms with Crippen molar-refractivity contribution in [2.45, 2.75) is 35.6 Å². The van der Waals surface area contributed by atoms with Crippen LogP contribution in [0.1, 0.15) is 30.6 Å². The van der Waals surface area contributed by atoms with E-state index in [2.05, 4.69) is 20.0 Å². The van der Waals surface area contributed by atoms with Crippen molar-refractivity contribution in [3.8, 4) is 5.75 Å². The Morgan fingerprint density at radius 3 is 2.69 bits per heavy atom. The van der Waals surface area contributed by atoms with E-state index in [4.69, 9.17) is 4.74 Å². The molecule has 0 fully saturated rings. The van der Waals surface area contributed by atoms with Crippen LogP contribution in [0, 0.1) is 0 Å². The molecule has 7 nitrogen and oxygen atoms in total. The summed E-state index contributed by atoms with van der Waals surface area (Å²) in [6, 6.07) is 14.4. The fourth-order valence-corrected chi connectivity index (χ4v) is 5.02. The highest BCUT2D eigenvalue weighted by molar-refractivity contribution is 8.00. The molecule has 1 unspecified atom stereocenters. The first-order chi connectivity index (χ1) is 15.5. The van der Waals surface area contributed by atoms with Crippen molar-refractivity contribution >= 4 is 57.7 Å². The van der Waals surface area contributed by atoms with Crippen molar-refractivity contribution in [2.75, 3.05) is 23.5 Å². The van der Waals surface area contributed by atoms with Crippen LogP contribution in [0.15, 0.2) is 58.6 Å². The number of amides is 2. The summed E-state index contributed by atoms with van der Waals surface area (Å²) in [7, 11) is 1.56. The zero-order valence-electron chi connectivity index (χ0n) is 18.0. The van der Waals surface area contributed by atoms with Crippen molar-refractivity contribution in [2.24, 2.45) is 0 Å². The van der Waals surface area contributed by atoms with Crippen LogP contribution < -0.4 is 15.4 Å². The molecule has 1 aromatic heterocycles. The van der Waals surface area contributed by atoms with Gasteiger partial charge >= 0.3 is 0 Å². The highest BCUT2D eigenvalue weighted by Gasteiger charge is 2.20. The topological polar surface area (TPSA) is 93.2 Å². The molecule has 0 bridgehead atoms. The van der Waals surface area contributed by atoms with Gasteiger partial charge in [0.05, 0.1) is 12.4 Å². The Bertz CT molecular complexity index is 1070. The van der Waals surface area contributed by atoms with Crippen LogP contribution in [0.4, 0.5) is 10.8 Å². The maximum Gasteiger partial charge on any atom is 0.255 e. The van der Waals surface area contributed by atoms with Crippen LogP contribution in [0.2, 0.25) is 0 Å². The van der Waals surface area contributed by atoms with Gasteiger partial charge < -0.3 is 10.1 Å². The van der Waals surface area contributed by atoms with Crippen LogP contribution in [-0.2, 0) is 4.79 Å². The largest absolute Gasteiger partial charge is 0.497 e. The predicted octanol–water partition coefficient (Wildman–Crippen LogP) is 5.42. The van der Waals surface area contributed by atoms with Crippen molar-refractivity contribution in [3.63, 3.8) is 0 Å². The number of methoxy groups -OCH3 is 1. The van der Waals surface area contributed by atoms with Gasteiger partial charge in [0.15, 0.2) is 0 Å². The highest BCUT2D eigenvalue weighted by Crippen LogP contribution is 2.29. The molecular weight excluding hydrogens is 464 g/mol. The maximum atomic E-state index is 12.7. The van der Waals surface area contributed by atoms with E-state index in [1.165, 1.54) is 35.1 Å². The standard InChI is InChI=1S/C22H24N4O3S3/c1-4-18(20(28)24-21-25-22(26-32-21)30-5-2)31-17-11-7-9-15(13-17)23-19(27)14-8-6-10-16(12-14)29-3/h6-13,18H,4-5H2,1-3H3,(H,23,27)(H,24,25,26,28). The first kappa shape index (κ1) is 24.1. The molecule has 3 rings (SSSR count). The Hall–Kier alpha value is -2.56. The summed E-state index contributed by atoms with van der Waals surface area (Å²) < 4.78 is 9.41. The van der Waals surface area contributed by atoms with Gasteiger partial charge in [0, 0.05) is 27.7 Å². The minimum Gasteiger partial charge on any atom is -0.497 e. The summed E-state index contributed by atoms with van der Waals surface area (Å²) >= 11 is 4.16. The third-order valence-corrected chi connectivity index (χ3v) is 7.11. The van der Waals surface area contributed by atoms with Gasteiger partial charge in [-0.3, -0.25) is 14.9 Å². The molecule has 10 heteroatoms. The summed E-state index contributed by atoms with van der Waals surface area (Å²) in [5, 5.41) is 6.64. The molecule has 32 heavy (non-hydrogen) atoms. The van der Waals surface area contributed by atoms with Crippen molar-refractivity contribution in [1.82, 2.24) is 9.36 Å². The van der Waals surface area contributed by atoms with Crippen LogP contribution in [0.25, 0.3) is 0 Å². The van der Waals surface area contributed by atoms with Crippen LogP contribution in [0.5, 0.6) is 5.75 Å². The van der Waals surface area contributed by atoms with Gasteiger partial charge in [-0.15, -0.1) is 11.8 Å². The zero-order chi connectivity index (χ0) is 22.9. The Balaban J connectivity index is 1.63. The van der Waals surface area contributed by atoms with Crippen molar-refractivity contribution in [3.05, 3.63) is 54.1 Å². The highest BCUT2D eigenvalue weighted by atomic mass is 32.2. The van der Waals surface area contributed by atoms with E-state index in [1.54, 1.807) is 31.4 Å². The third kappa shape index (κ3) is 6.72. The molecule has 0 saturated heterocycles. The molecule has 0 aliphatic rings. The number of nitrogens with one attached hydrogen (secondary N) is 2. The third-order valence-electron chi connectivity index (χ3n) is 4.28. The molecule has 0 spiro atoms. The second kappa shape index (κ2) is 11.9. The number of anilines is 2. The lowest BCUT2D eigenvalue weighted by Crippen LogP contribution is -2.24. The van der Waals surface area contributed by atoms with Gasteiger partial charge in [0.1, 0.15) is 5.75 Å². The number of ether oxygens (including phenoxy) is 1. The number of benzene rings is 2. The van der Waals surface area contributed by atoms with E-state index in [-0.39, 0.29) is 17.1 Å². The van der Waals surface area contributed by atoms with E-state index in [1.807, 2.05) is 38.1 Å². The monoisotopic (exact) mass is 488 g/mol. The molecule has 1 atom stereocenters. The number of thioether (sulfide) groups is 2. The summed E-state index contributed by atoms with van der Waals surface area (Å²) in [5.41, 5.74) is 1.16. The fraction of sp³-hybridized carbons (Fsp3) is 0.273. The molecule has 2 N–H and O–H groups in total. The molecule has 3 aromatic rings. The van der Waals surface area contributed by atoms with Gasteiger partial charge in [-0.25, -0.2) is 0 Å². The first-order valence-corrected chi connectivity index (χ1v) is 12.7. The predicted molar refractivity (Wildman–Crippen MR) is 132 cm³/mol. The molecule has 168 valence electrons. The smallest absolute Gasteiger partial charge is 0.255 e. The molecule has 1 heterocycles. The fourth-order valence-electron chi connectivity index (χ4n) is 2.74. The summed E-state index contributed by atoms with van der Waals surface area (Å²) in [5.74, 6) is 1.15. The minimum absolute atomic E-state index is 0.118. The molecule has 2 amide bonds. The lowest BCUT2D eigenvalue weighted by atomic mass is 10.2. The first-order valence-electron chi connectivity index (χ1n) is 10.0. The molecule has 2 aromatic carbocycles. The molecule has 0 saturated carbocycles. The number of hydrogen-bond acceptors (Lipinski definition) is 8. The van der Waals surface area contributed by atoms with Crippen LogP contribution in [-0.4, -0.2) is 39.3 Å². The average molecular weight is 489 g/mol. The number of carbonyl (C=O) groups excluding carboxylic acids is 2. The van der Waals surface area contributed by atoms with Gasteiger partial charge in [0.25, 0.3) is 5.91 Å². The van der Waals surface area contributed by atoms with Crippen molar-refractivity contribution < 1.29 is 14.3 Å². The SMILES string of the molecule is CCSc1nsc(NC(=O)C(CC)Sc2cccc(NC(=O)c3cccc(OC)c3)c2)n1. The molecule has 0 aliphatic heterocycles. The lowest BCUT2D eigenvalue weighted by Gasteiger charge is -2.14. The van der Waals surface area contributed by atoms with Crippen LogP contribution >= 0.6 is 35.1 Å². The van der Waals surface area contributed by atoms with Crippen molar-refractivity contribution in [1.29, 1.82) is 0 Å². The molecule has 0 radical (unpaired) electrons. The number of carbonyl (C=O) groups is 2. The van der Waals surface area contributed by atoms with E-state index >= 15 is 0 Å². The number of nitrogens with zero attached hydrogens (tertiary/aromatic N) is 2. The molecule has 0 aliphatic carbocycles. The second-order valence-corrected chi connectivity index (χ2v) is 9.79. The number of rotatable bonds is 10. The van der Waals surface area contributed by atoms with E-state index in [9.17, 15) is 9.59 Å². The Labute approximate surface area is 199 Å². The number of hydrogen-bond donors (Lipinski definition) is 2. The zero-order valence-corrected chi connectivity index (χ0v) is 20.4. The summed E-state index contributed by atoms with van der Waals surface area (Å²) in [6.07, 6.45) is 0.645. The second-order valence-electron chi connectivity index (χ2n) is 6.53. The Morgan fingerprint density at radius 1 is 1.12 bits per heavy atom. The molecular formula is C22H24N4O3S3. The summed E-state index contributed by atoms with van der Waals surface area (Å²) in [4.78, 5) is 30.5. The van der Waals surface area contributed by atoms with E-state index in [0.29, 0.717) is 33.7 Å². The van der Waals surface area contributed by atoms with Gasteiger partial charge in [0.2, 0.25) is 16.2 Å². The van der Waals surface area contributed by atoms with E-state index < -0.39 is 0 Å².